The largest absolute Gasteiger partial charge is 0.463 e. The molecule has 1 aromatic heterocycles. The number of aromatic amines is 1. The SMILES string of the molecule is O=c1[nH]c(OCCN2CCNCC2)nc2ccccc12. The van der Waals surface area contributed by atoms with E-state index in [0.717, 1.165) is 32.7 Å². The van der Waals surface area contributed by atoms with Gasteiger partial charge in [0.1, 0.15) is 6.61 Å². The highest BCUT2D eigenvalue weighted by molar-refractivity contribution is 5.77. The van der Waals surface area contributed by atoms with E-state index in [2.05, 4.69) is 20.2 Å². The van der Waals surface area contributed by atoms with Crippen LogP contribution < -0.4 is 15.6 Å². The summed E-state index contributed by atoms with van der Waals surface area (Å²) < 4.78 is 5.57. The molecule has 0 saturated carbocycles. The third kappa shape index (κ3) is 2.97. The molecule has 1 saturated heterocycles. The van der Waals surface area contributed by atoms with E-state index in [0.29, 0.717) is 23.5 Å². The Hall–Kier alpha value is -1.92. The Balaban J connectivity index is 1.64. The topological polar surface area (TPSA) is 70.2 Å². The molecule has 0 atom stereocenters. The monoisotopic (exact) mass is 274 g/mol. The molecule has 6 heteroatoms. The molecule has 0 amide bonds. The molecule has 1 fully saturated rings. The van der Waals surface area contributed by atoms with Crippen LogP contribution in [0, 0.1) is 0 Å². The number of ether oxygens (including phenoxy) is 1. The second-order valence-corrected chi connectivity index (χ2v) is 4.83. The highest BCUT2D eigenvalue weighted by Gasteiger charge is 2.09. The van der Waals surface area contributed by atoms with Crippen molar-refractivity contribution >= 4 is 10.9 Å². The Bertz CT molecular complexity index is 634. The second-order valence-electron chi connectivity index (χ2n) is 4.83. The summed E-state index contributed by atoms with van der Waals surface area (Å²) in [7, 11) is 0. The molecule has 1 aromatic carbocycles. The van der Waals surface area contributed by atoms with Gasteiger partial charge in [-0.2, -0.15) is 4.98 Å². The van der Waals surface area contributed by atoms with E-state index in [9.17, 15) is 4.79 Å². The summed E-state index contributed by atoms with van der Waals surface area (Å²) in [6.07, 6.45) is 0. The van der Waals surface area contributed by atoms with Crippen molar-refractivity contribution < 1.29 is 4.74 Å². The maximum Gasteiger partial charge on any atom is 0.297 e. The van der Waals surface area contributed by atoms with E-state index in [1.165, 1.54) is 0 Å². The maximum atomic E-state index is 11.9. The summed E-state index contributed by atoms with van der Waals surface area (Å²) in [5.41, 5.74) is 0.501. The van der Waals surface area contributed by atoms with Crippen molar-refractivity contribution in [2.75, 3.05) is 39.3 Å². The van der Waals surface area contributed by atoms with E-state index in [1.807, 2.05) is 18.2 Å². The standard InChI is InChI=1S/C14H18N4O2/c19-13-11-3-1-2-4-12(11)16-14(17-13)20-10-9-18-7-5-15-6-8-18/h1-4,15H,5-10H2,(H,16,17,19). The Morgan fingerprint density at radius 1 is 1.25 bits per heavy atom. The lowest BCUT2D eigenvalue weighted by atomic mass is 10.2. The van der Waals surface area contributed by atoms with Gasteiger partial charge in [0.25, 0.3) is 11.6 Å². The third-order valence-corrected chi connectivity index (χ3v) is 3.45. The summed E-state index contributed by atoms with van der Waals surface area (Å²) >= 11 is 0. The highest BCUT2D eigenvalue weighted by Crippen LogP contribution is 2.09. The van der Waals surface area contributed by atoms with Crippen molar-refractivity contribution in [2.45, 2.75) is 0 Å². The first-order valence-electron chi connectivity index (χ1n) is 6.88. The minimum absolute atomic E-state index is 0.159. The summed E-state index contributed by atoms with van der Waals surface area (Å²) in [5, 5.41) is 3.89. The molecule has 0 spiro atoms. The molecular weight excluding hydrogens is 256 g/mol. The van der Waals surface area contributed by atoms with Gasteiger partial charge in [0.2, 0.25) is 0 Å². The molecule has 2 N–H and O–H groups in total. The van der Waals surface area contributed by atoms with Crippen LogP contribution in [0.3, 0.4) is 0 Å². The van der Waals surface area contributed by atoms with E-state index in [-0.39, 0.29) is 5.56 Å². The first-order chi connectivity index (χ1) is 9.83. The van der Waals surface area contributed by atoms with Crippen molar-refractivity contribution in [3.05, 3.63) is 34.6 Å². The minimum Gasteiger partial charge on any atom is -0.463 e. The summed E-state index contributed by atoms with van der Waals surface area (Å²) in [6.45, 7) is 5.48. The number of piperazine rings is 1. The van der Waals surface area contributed by atoms with Crippen LogP contribution in [0.1, 0.15) is 0 Å². The summed E-state index contributed by atoms with van der Waals surface area (Å²) in [5.74, 6) is 0. The van der Waals surface area contributed by atoms with E-state index >= 15 is 0 Å². The molecule has 2 aromatic rings. The van der Waals surface area contributed by atoms with Gasteiger partial charge in [0.15, 0.2) is 0 Å². The third-order valence-electron chi connectivity index (χ3n) is 3.45. The molecule has 0 unspecified atom stereocenters. The first kappa shape index (κ1) is 13.1. The highest BCUT2D eigenvalue weighted by atomic mass is 16.5. The van der Waals surface area contributed by atoms with Gasteiger partial charge in [-0.3, -0.25) is 14.7 Å². The molecule has 6 nitrogen and oxygen atoms in total. The number of aromatic nitrogens is 2. The lowest BCUT2D eigenvalue weighted by molar-refractivity contribution is 0.184. The number of benzene rings is 1. The molecule has 0 radical (unpaired) electrons. The number of hydrogen-bond acceptors (Lipinski definition) is 5. The van der Waals surface area contributed by atoms with Crippen molar-refractivity contribution in [1.82, 2.24) is 20.2 Å². The van der Waals surface area contributed by atoms with Crippen LogP contribution in [-0.4, -0.2) is 54.2 Å². The van der Waals surface area contributed by atoms with Gasteiger partial charge in [0, 0.05) is 32.7 Å². The van der Waals surface area contributed by atoms with Crippen LogP contribution in [0.4, 0.5) is 0 Å². The molecule has 1 aliphatic heterocycles. The number of fused-ring (bicyclic) bond motifs is 1. The van der Waals surface area contributed by atoms with Crippen molar-refractivity contribution in [3.8, 4) is 6.01 Å². The molecular formula is C14H18N4O2. The molecule has 3 rings (SSSR count). The lowest BCUT2D eigenvalue weighted by Crippen LogP contribution is -2.44. The zero-order valence-corrected chi connectivity index (χ0v) is 11.3. The van der Waals surface area contributed by atoms with Gasteiger partial charge in [-0.1, -0.05) is 12.1 Å². The first-order valence-corrected chi connectivity index (χ1v) is 6.88. The van der Waals surface area contributed by atoms with Crippen LogP contribution in [0.5, 0.6) is 6.01 Å². The maximum absolute atomic E-state index is 11.9. The Labute approximate surface area is 116 Å². The average Bonchev–Trinajstić information content (AvgIpc) is 2.48. The number of rotatable bonds is 4. The van der Waals surface area contributed by atoms with Gasteiger partial charge in [-0.15, -0.1) is 0 Å². The fraction of sp³-hybridized carbons (Fsp3) is 0.429. The molecule has 106 valence electrons. The van der Waals surface area contributed by atoms with Crippen LogP contribution in [-0.2, 0) is 0 Å². The number of H-pyrrole nitrogens is 1. The van der Waals surface area contributed by atoms with Gasteiger partial charge >= 0.3 is 0 Å². The number of nitrogens with one attached hydrogen (secondary N) is 2. The summed E-state index contributed by atoms with van der Waals surface area (Å²) in [4.78, 5) is 21.2. The van der Waals surface area contributed by atoms with E-state index < -0.39 is 0 Å². The predicted octanol–water partition coefficient (Wildman–Crippen LogP) is 0.207. The van der Waals surface area contributed by atoms with Crippen molar-refractivity contribution in [3.63, 3.8) is 0 Å². The van der Waals surface area contributed by atoms with Crippen LogP contribution in [0.25, 0.3) is 10.9 Å². The van der Waals surface area contributed by atoms with Crippen LogP contribution in [0.15, 0.2) is 29.1 Å². The summed E-state index contributed by atoms with van der Waals surface area (Å²) in [6, 6.07) is 7.55. The fourth-order valence-electron chi connectivity index (χ4n) is 2.34. The smallest absolute Gasteiger partial charge is 0.297 e. The molecule has 0 bridgehead atoms. The number of nitrogens with zero attached hydrogens (tertiary/aromatic N) is 2. The predicted molar refractivity (Wildman–Crippen MR) is 77.2 cm³/mol. The molecule has 1 aliphatic rings. The van der Waals surface area contributed by atoms with Gasteiger partial charge in [-0.25, -0.2) is 0 Å². The van der Waals surface area contributed by atoms with Gasteiger partial charge < -0.3 is 10.1 Å². The molecule has 0 aliphatic carbocycles. The Kier molecular flexibility index (Phi) is 3.94. The number of para-hydroxylation sites is 1. The minimum atomic E-state index is -0.159. The van der Waals surface area contributed by atoms with Crippen molar-refractivity contribution in [2.24, 2.45) is 0 Å². The average molecular weight is 274 g/mol. The lowest BCUT2D eigenvalue weighted by Gasteiger charge is -2.26. The quantitative estimate of drug-likeness (QED) is 0.834. The zero-order valence-electron chi connectivity index (χ0n) is 11.3. The normalized spacial score (nSPS) is 16.4. The molecule has 20 heavy (non-hydrogen) atoms. The number of hydrogen-bond donors (Lipinski definition) is 2. The van der Waals surface area contributed by atoms with Crippen LogP contribution in [0.2, 0.25) is 0 Å². The van der Waals surface area contributed by atoms with E-state index in [4.69, 9.17) is 4.74 Å². The van der Waals surface area contributed by atoms with Crippen molar-refractivity contribution in [1.29, 1.82) is 0 Å². The molecule has 2 heterocycles. The zero-order chi connectivity index (χ0) is 13.8. The van der Waals surface area contributed by atoms with E-state index in [1.54, 1.807) is 6.07 Å². The van der Waals surface area contributed by atoms with Gasteiger partial charge in [0.05, 0.1) is 10.9 Å². The van der Waals surface area contributed by atoms with Crippen LogP contribution >= 0.6 is 0 Å². The Morgan fingerprint density at radius 3 is 2.90 bits per heavy atom. The fourth-order valence-corrected chi connectivity index (χ4v) is 2.34. The Morgan fingerprint density at radius 2 is 2.05 bits per heavy atom. The van der Waals surface area contributed by atoms with Gasteiger partial charge in [-0.05, 0) is 12.1 Å². The second kappa shape index (κ2) is 6.02.